The summed E-state index contributed by atoms with van der Waals surface area (Å²) in [6.07, 6.45) is 1.92. The zero-order valence-corrected chi connectivity index (χ0v) is 9.17. The smallest absolute Gasteiger partial charge is 0.355 e. The largest absolute Gasteiger partial charge is 0.476 e. The number of amides is 1. The number of rotatable bonds is 5. The maximum absolute atomic E-state index is 11.5. The number of hydrogen-bond donors (Lipinski definition) is 2. The van der Waals surface area contributed by atoms with Crippen molar-refractivity contribution in [1.82, 2.24) is 20.3 Å². The van der Waals surface area contributed by atoms with E-state index in [-0.39, 0.29) is 24.2 Å². The molecule has 0 aliphatic rings. The van der Waals surface area contributed by atoms with E-state index in [1.165, 1.54) is 0 Å². The summed E-state index contributed by atoms with van der Waals surface area (Å²) in [6, 6.07) is 0.0595. The number of carbonyl (C=O) groups is 2. The third-order valence-electron chi connectivity index (χ3n) is 2.15. The van der Waals surface area contributed by atoms with Crippen molar-refractivity contribution in [3.05, 3.63) is 11.9 Å². The number of nitrogens with zero attached hydrogens (tertiary/aromatic N) is 3. The summed E-state index contributed by atoms with van der Waals surface area (Å²) in [6.45, 7) is 3.69. The van der Waals surface area contributed by atoms with Gasteiger partial charge in [-0.1, -0.05) is 12.1 Å². The maximum atomic E-state index is 11.5. The molecule has 1 unspecified atom stereocenters. The number of carboxylic acid groups (broad SMARTS) is 1. The highest BCUT2D eigenvalue weighted by atomic mass is 16.4. The van der Waals surface area contributed by atoms with Crippen molar-refractivity contribution in [2.45, 2.75) is 32.9 Å². The van der Waals surface area contributed by atoms with Crippen LogP contribution in [0.5, 0.6) is 0 Å². The quantitative estimate of drug-likeness (QED) is 0.730. The van der Waals surface area contributed by atoms with E-state index in [4.69, 9.17) is 5.11 Å². The van der Waals surface area contributed by atoms with Crippen molar-refractivity contribution in [3.8, 4) is 0 Å². The van der Waals surface area contributed by atoms with Gasteiger partial charge in [-0.3, -0.25) is 4.79 Å². The van der Waals surface area contributed by atoms with Gasteiger partial charge in [-0.2, -0.15) is 0 Å². The highest BCUT2D eigenvalue weighted by Crippen LogP contribution is 1.96. The minimum Gasteiger partial charge on any atom is -0.476 e. The Hall–Kier alpha value is -1.92. The van der Waals surface area contributed by atoms with Gasteiger partial charge >= 0.3 is 5.97 Å². The first-order valence-corrected chi connectivity index (χ1v) is 4.95. The number of carbonyl (C=O) groups excluding carboxylic acids is 1. The third kappa shape index (κ3) is 3.04. The van der Waals surface area contributed by atoms with E-state index in [2.05, 4.69) is 15.6 Å². The fraction of sp³-hybridized carbons (Fsp3) is 0.556. The molecular formula is C9H14N4O3. The van der Waals surface area contributed by atoms with Gasteiger partial charge in [0, 0.05) is 6.04 Å². The van der Waals surface area contributed by atoms with Crippen LogP contribution < -0.4 is 5.32 Å². The normalized spacial score (nSPS) is 12.1. The van der Waals surface area contributed by atoms with Crippen LogP contribution in [0.15, 0.2) is 6.20 Å². The third-order valence-corrected chi connectivity index (χ3v) is 2.15. The Morgan fingerprint density at radius 1 is 1.62 bits per heavy atom. The highest BCUT2D eigenvalue weighted by Gasteiger charge is 2.14. The summed E-state index contributed by atoms with van der Waals surface area (Å²) in [4.78, 5) is 22.2. The van der Waals surface area contributed by atoms with Crippen molar-refractivity contribution in [1.29, 1.82) is 0 Å². The molecule has 0 aliphatic carbocycles. The molecule has 16 heavy (non-hydrogen) atoms. The van der Waals surface area contributed by atoms with Crippen molar-refractivity contribution in [2.24, 2.45) is 0 Å². The number of carboxylic acids is 1. The van der Waals surface area contributed by atoms with Crippen molar-refractivity contribution in [2.75, 3.05) is 0 Å². The molecule has 2 N–H and O–H groups in total. The molecule has 1 heterocycles. The molecule has 1 amide bonds. The van der Waals surface area contributed by atoms with Gasteiger partial charge in [0.2, 0.25) is 5.91 Å². The molecule has 1 aromatic heterocycles. The lowest BCUT2D eigenvalue weighted by Gasteiger charge is -2.11. The van der Waals surface area contributed by atoms with E-state index in [0.717, 1.165) is 17.3 Å². The molecule has 7 nitrogen and oxygen atoms in total. The van der Waals surface area contributed by atoms with Gasteiger partial charge in [-0.25, -0.2) is 9.48 Å². The van der Waals surface area contributed by atoms with Crippen LogP contribution in [0.3, 0.4) is 0 Å². The second-order valence-corrected chi connectivity index (χ2v) is 3.46. The fourth-order valence-corrected chi connectivity index (χ4v) is 1.10. The molecular weight excluding hydrogens is 212 g/mol. The first kappa shape index (κ1) is 12.2. The van der Waals surface area contributed by atoms with Crippen LogP contribution in [0, 0.1) is 0 Å². The van der Waals surface area contributed by atoms with Crippen molar-refractivity contribution < 1.29 is 14.7 Å². The number of aromatic nitrogens is 3. The zero-order chi connectivity index (χ0) is 12.1. The van der Waals surface area contributed by atoms with Crippen molar-refractivity contribution in [3.63, 3.8) is 0 Å². The average Bonchev–Trinajstić information content (AvgIpc) is 2.65. The molecule has 1 atom stereocenters. The standard InChI is InChI=1S/C9H14N4O3/c1-3-6(2)11-8(14)5-13-7(9(15)16)4-10-12-13/h4,6H,3,5H2,1-2H3,(H,11,14)(H,15,16). The molecule has 0 fully saturated rings. The Kier molecular flexibility index (Phi) is 3.98. The zero-order valence-electron chi connectivity index (χ0n) is 9.17. The minimum absolute atomic E-state index is 0.0595. The molecule has 0 spiro atoms. The molecule has 0 aromatic carbocycles. The van der Waals surface area contributed by atoms with E-state index in [0.29, 0.717) is 0 Å². The van der Waals surface area contributed by atoms with Crippen molar-refractivity contribution >= 4 is 11.9 Å². The predicted molar refractivity (Wildman–Crippen MR) is 54.9 cm³/mol. The second kappa shape index (κ2) is 5.24. The van der Waals surface area contributed by atoms with E-state index in [9.17, 15) is 9.59 Å². The summed E-state index contributed by atoms with van der Waals surface area (Å²) in [5.74, 6) is -1.43. The van der Waals surface area contributed by atoms with Gasteiger partial charge in [-0.05, 0) is 13.3 Å². The molecule has 7 heteroatoms. The summed E-state index contributed by atoms with van der Waals surface area (Å²) in [7, 11) is 0. The molecule has 0 bridgehead atoms. The van der Waals surface area contributed by atoms with Crippen LogP contribution in [0.25, 0.3) is 0 Å². The number of nitrogens with one attached hydrogen (secondary N) is 1. The summed E-state index contributed by atoms with van der Waals surface area (Å²) < 4.78 is 1.06. The van der Waals surface area contributed by atoms with Gasteiger partial charge in [0.15, 0.2) is 5.69 Å². The molecule has 1 rings (SSSR count). The van der Waals surface area contributed by atoms with Crippen LogP contribution in [-0.2, 0) is 11.3 Å². The Morgan fingerprint density at radius 2 is 2.31 bits per heavy atom. The highest BCUT2D eigenvalue weighted by molar-refractivity contribution is 5.86. The van der Waals surface area contributed by atoms with E-state index >= 15 is 0 Å². The van der Waals surface area contributed by atoms with E-state index in [1.54, 1.807) is 0 Å². The van der Waals surface area contributed by atoms with Gasteiger partial charge < -0.3 is 10.4 Å². The lowest BCUT2D eigenvalue weighted by Crippen LogP contribution is -2.35. The minimum atomic E-state index is -1.15. The molecule has 1 aromatic rings. The van der Waals surface area contributed by atoms with Gasteiger partial charge in [0.05, 0.1) is 6.20 Å². The fourth-order valence-electron chi connectivity index (χ4n) is 1.10. The van der Waals surface area contributed by atoms with Crippen LogP contribution >= 0.6 is 0 Å². The summed E-state index contributed by atoms with van der Waals surface area (Å²) in [5.41, 5.74) is -0.0979. The number of aromatic carboxylic acids is 1. The van der Waals surface area contributed by atoms with Crippen LogP contribution in [0.2, 0.25) is 0 Å². The Labute approximate surface area is 92.4 Å². The first-order chi connectivity index (χ1) is 7.54. The molecule has 0 saturated carbocycles. The first-order valence-electron chi connectivity index (χ1n) is 4.95. The molecule has 0 saturated heterocycles. The Balaban J connectivity index is 2.63. The summed E-state index contributed by atoms with van der Waals surface area (Å²) in [5, 5.41) is 18.5. The lowest BCUT2D eigenvalue weighted by atomic mass is 10.2. The average molecular weight is 226 g/mol. The monoisotopic (exact) mass is 226 g/mol. The lowest BCUT2D eigenvalue weighted by molar-refractivity contribution is -0.122. The van der Waals surface area contributed by atoms with Gasteiger partial charge in [0.25, 0.3) is 0 Å². The predicted octanol–water partition coefficient (Wildman–Crippen LogP) is -0.109. The summed E-state index contributed by atoms with van der Waals surface area (Å²) >= 11 is 0. The Morgan fingerprint density at radius 3 is 2.88 bits per heavy atom. The molecule has 88 valence electrons. The van der Waals surface area contributed by atoms with E-state index in [1.807, 2.05) is 13.8 Å². The van der Waals surface area contributed by atoms with E-state index < -0.39 is 5.97 Å². The van der Waals surface area contributed by atoms with Crippen LogP contribution in [0.1, 0.15) is 30.8 Å². The maximum Gasteiger partial charge on any atom is 0.355 e. The van der Waals surface area contributed by atoms with Crippen LogP contribution in [-0.4, -0.2) is 38.0 Å². The molecule has 0 radical (unpaired) electrons. The topological polar surface area (TPSA) is 97.1 Å². The Bertz CT molecular complexity index is 388. The SMILES string of the molecule is CCC(C)NC(=O)Cn1nncc1C(=O)O. The van der Waals surface area contributed by atoms with Gasteiger partial charge in [-0.15, -0.1) is 5.10 Å². The van der Waals surface area contributed by atoms with Crippen LogP contribution in [0.4, 0.5) is 0 Å². The van der Waals surface area contributed by atoms with Gasteiger partial charge in [0.1, 0.15) is 6.54 Å². The molecule has 0 aliphatic heterocycles. The number of hydrogen-bond acceptors (Lipinski definition) is 4. The second-order valence-electron chi connectivity index (χ2n) is 3.46.